The normalized spacial score (nSPS) is 13.5. The van der Waals surface area contributed by atoms with Crippen LogP contribution in [0, 0.1) is 11.8 Å². The molecular weight excluding hydrogens is 279 g/mol. The van der Waals surface area contributed by atoms with Gasteiger partial charge in [0.15, 0.2) is 0 Å². The van der Waals surface area contributed by atoms with Crippen LogP contribution >= 0.6 is 0 Å². The molecule has 0 fully saturated rings. The average Bonchev–Trinajstić information content (AvgIpc) is 2.37. The molecule has 0 amide bonds. The summed E-state index contributed by atoms with van der Waals surface area (Å²) in [6, 6.07) is 6.15. The van der Waals surface area contributed by atoms with Gasteiger partial charge in [-0.25, -0.2) is 0 Å². The molecule has 0 aliphatic carbocycles. The van der Waals surface area contributed by atoms with Crippen LogP contribution in [0.15, 0.2) is 24.3 Å². The van der Waals surface area contributed by atoms with Gasteiger partial charge in [0.25, 0.3) is 0 Å². The van der Waals surface area contributed by atoms with Crippen LogP contribution in [-0.4, -0.2) is 19.5 Å². The first-order chi connectivity index (χ1) is 9.80. The zero-order valence-electron chi connectivity index (χ0n) is 12.8. The van der Waals surface area contributed by atoms with Gasteiger partial charge in [-0.3, -0.25) is 0 Å². The molecule has 0 bridgehead atoms. The Morgan fingerprint density at radius 2 is 1.71 bits per heavy atom. The molecule has 0 heterocycles. The van der Waals surface area contributed by atoms with Crippen molar-refractivity contribution in [2.45, 2.75) is 40.0 Å². The fraction of sp³-hybridized carbons (Fsp3) is 0.625. The van der Waals surface area contributed by atoms with E-state index in [4.69, 9.17) is 0 Å². The number of hydrogen-bond donors (Lipinski definition) is 1. The molecule has 1 atom stereocenters. The molecule has 21 heavy (non-hydrogen) atoms. The van der Waals surface area contributed by atoms with E-state index in [-0.39, 0.29) is 5.75 Å². The molecule has 0 saturated carbocycles. The molecule has 1 N–H and O–H groups in total. The highest BCUT2D eigenvalue weighted by atomic mass is 19.4. The Bertz CT molecular complexity index is 401. The predicted molar refractivity (Wildman–Crippen MR) is 78.3 cm³/mol. The lowest BCUT2D eigenvalue weighted by molar-refractivity contribution is -0.274. The van der Waals surface area contributed by atoms with Gasteiger partial charge < -0.3 is 10.1 Å². The number of alkyl halides is 3. The van der Waals surface area contributed by atoms with Crippen LogP contribution in [-0.2, 0) is 6.42 Å². The quantitative estimate of drug-likeness (QED) is 0.768. The molecule has 2 nitrogen and oxygen atoms in total. The summed E-state index contributed by atoms with van der Waals surface area (Å²) in [6.45, 7) is 8.36. The Balaban J connectivity index is 2.49. The van der Waals surface area contributed by atoms with E-state index >= 15 is 0 Å². The highest BCUT2D eigenvalue weighted by molar-refractivity contribution is 5.27. The number of halogens is 3. The Labute approximate surface area is 124 Å². The molecule has 1 aromatic carbocycles. The van der Waals surface area contributed by atoms with Crippen LogP contribution in [0.5, 0.6) is 5.75 Å². The Kier molecular flexibility index (Phi) is 7.02. The number of nitrogens with one attached hydrogen (secondary N) is 1. The molecule has 0 aliphatic heterocycles. The van der Waals surface area contributed by atoms with E-state index in [1.807, 2.05) is 0 Å². The number of rotatable bonds is 8. The average molecular weight is 303 g/mol. The van der Waals surface area contributed by atoms with Gasteiger partial charge in [-0.1, -0.05) is 39.3 Å². The van der Waals surface area contributed by atoms with E-state index in [1.54, 1.807) is 12.1 Å². The van der Waals surface area contributed by atoms with Crippen molar-refractivity contribution in [3.63, 3.8) is 0 Å². The van der Waals surface area contributed by atoms with Crippen molar-refractivity contribution in [3.05, 3.63) is 29.8 Å². The summed E-state index contributed by atoms with van der Waals surface area (Å²) in [5.41, 5.74) is 1.03. The van der Waals surface area contributed by atoms with Crippen molar-refractivity contribution in [1.29, 1.82) is 0 Å². The maximum Gasteiger partial charge on any atom is 0.573 e. The first kappa shape index (κ1) is 17.8. The molecule has 120 valence electrons. The van der Waals surface area contributed by atoms with Crippen molar-refractivity contribution in [3.8, 4) is 5.75 Å². The fourth-order valence-corrected chi connectivity index (χ4v) is 2.10. The SMILES string of the molecule is CCC(CNCC(C)C)Cc1ccc(OC(F)(F)F)cc1. The van der Waals surface area contributed by atoms with E-state index in [0.717, 1.165) is 31.5 Å². The summed E-state index contributed by atoms with van der Waals surface area (Å²) in [4.78, 5) is 0. The summed E-state index contributed by atoms with van der Waals surface area (Å²) in [5, 5.41) is 3.43. The summed E-state index contributed by atoms with van der Waals surface area (Å²) < 4.78 is 40.1. The summed E-state index contributed by atoms with van der Waals surface area (Å²) in [6.07, 6.45) is -2.74. The van der Waals surface area contributed by atoms with E-state index in [1.165, 1.54) is 12.1 Å². The van der Waals surface area contributed by atoms with E-state index in [2.05, 4.69) is 30.8 Å². The van der Waals surface area contributed by atoms with Gasteiger partial charge in [-0.05, 0) is 49.0 Å². The first-order valence-corrected chi connectivity index (χ1v) is 7.35. The highest BCUT2D eigenvalue weighted by Crippen LogP contribution is 2.23. The lowest BCUT2D eigenvalue weighted by Gasteiger charge is -2.17. The van der Waals surface area contributed by atoms with Crippen LogP contribution in [0.1, 0.15) is 32.8 Å². The maximum atomic E-state index is 12.1. The largest absolute Gasteiger partial charge is 0.573 e. The molecule has 0 saturated heterocycles. The van der Waals surface area contributed by atoms with Gasteiger partial charge in [0.2, 0.25) is 0 Å². The Morgan fingerprint density at radius 1 is 1.10 bits per heavy atom. The van der Waals surface area contributed by atoms with Crippen molar-refractivity contribution in [2.24, 2.45) is 11.8 Å². The highest BCUT2D eigenvalue weighted by Gasteiger charge is 2.30. The smallest absolute Gasteiger partial charge is 0.406 e. The predicted octanol–water partition coefficient (Wildman–Crippen LogP) is 4.40. The zero-order valence-corrected chi connectivity index (χ0v) is 12.8. The molecule has 1 unspecified atom stereocenters. The van der Waals surface area contributed by atoms with Crippen molar-refractivity contribution in [1.82, 2.24) is 5.32 Å². The van der Waals surface area contributed by atoms with Crippen molar-refractivity contribution >= 4 is 0 Å². The van der Waals surface area contributed by atoms with Gasteiger partial charge in [0.05, 0.1) is 0 Å². The molecule has 0 spiro atoms. The topological polar surface area (TPSA) is 21.3 Å². The van der Waals surface area contributed by atoms with E-state index < -0.39 is 6.36 Å². The summed E-state index contributed by atoms with van der Waals surface area (Å²) >= 11 is 0. The third-order valence-electron chi connectivity index (χ3n) is 3.24. The third-order valence-corrected chi connectivity index (χ3v) is 3.24. The minimum atomic E-state index is -4.63. The lowest BCUT2D eigenvalue weighted by atomic mass is 9.96. The zero-order chi connectivity index (χ0) is 15.9. The number of ether oxygens (including phenoxy) is 1. The molecular formula is C16H24F3NO. The van der Waals surface area contributed by atoms with Crippen LogP contribution in [0.3, 0.4) is 0 Å². The van der Waals surface area contributed by atoms with Crippen LogP contribution < -0.4 is 10.1 Å². The molecule has 0 radical (unpaired) electrons. The van der Waals surface area contributed by atoms with Crippen molar-refractivity contribution < 1.29 is 17.9 Å². The first-order valence-electron chi connectivity index (χ1n) is 7.35. The van der Waals surface area contributed by atoms with Crippen molar-refractivity contribution in [2.75, 3.05) is 13.1 Å². The van der Waals surface area contributed by atoms with Gasteiger partial charge in [-0.15, -0.1) is 13.2 Å². The Morgan fingerprint density at radius 3 is 2.19 bits per heavy atom. The second-order valence-electron chi connectivity index (χ2n) is 5.72. The molecule has 1 rings (SSSR count). The summed E-state index contributed by atoms with van der Waals surface area (Å²) in [7, 11) is 0. The van der Waals surface area contributed by atoms with Gasteiger partial charge in [-0.2, -0.15) is 0 Å². The maximum absolute atomic E-state index is 12.1. The molecule has 5 heteroatoms. The van der Waals surface area contributed by atoms with Crippen LogP contribution in [0.2, 0.25) is 0 Å². The van der Waals surface area contributed by atoms with Gasteiger partial charge in [0.1, 0.15) is 5.75 Å². The molecule has 1 aromatic rings. The van der Waals surface area contributed by atoms with Gasteiger partial charge in [0, 0.05) is 0 Å². The van der Waals surface area contributed by atoms with Crippen LogP contribution in [0.25, 0.3) is 0 Å². The minimum Gasteiger partial charge on any atom is -0.406 e. The Hall–Kier alpha value is -1.23. The monoisotopic (exact) mass is 303 g/mol. The minimum absolute atomic E-state index is 0.169. The third kappa shape index (κ3) is 7.95. The standard InChI is InChI=1S/C16H24F3NO/c1-4-13(11-20-10-12(2)3)9-14-5-7-15(8-6-14)21-16(17,18)19/h5-8,12-13,20H,4,9-11H2,1-3H3. The van der Waals surface area contributed by atoms with Gasteiger partial charge >= 0.3 is 6.36 Å². The number of benzene rings is 1. The second kappa shape index (κ2) is 8.27. The lowest BCUT2D eigenvalue weighted by Crippen LogP contribution is -2.27. The fourth-order valence-electron chi connectivity index (χ4n) is 2.10. The number of hydrogen-bond acceptors (Lipinski definition) is 2. The molecule has 0 aromatic heterocycles. The second-order valence-corrected chi connectivity index (χ2v) is 5.72. The van der Waals surface area contributed by atoms with Crippen LogP contribution in [0.4, 0.5) is 13.2 Å². The van der Waals surface area contributed by atoms with E-state index in [9.17, 15) is 13.2 Å². The summed E-state index contributed by atoms with van der Waals surface area (Å²) in [5.74, 6) is 0.927. The molecule has 0 aliphatic rings. The van der Waals surface area contributed by atoms with E-state index in [0.29, 0.717) is 11.8 Å².